The van der Waals surface area contributed by atoms with Crippen molar-refractivity contribution in [2.75, 3.05) is 18.0 Å². The molecule has 0 atom stereocenters. The smallest absolute Gasteiger partial charge is 0.371 e. The third-order valence-electron chi connectivity index (χ3n) is 4.56. The summed E-state index contributed by atoms with van der Waals surface area (Å²) >= 11 is 0. The number of benzene rings is 2. The van der Waals surface area contributed by atoms with E-state index in [9.17, 15) is 13.8 Å². The first-order valence-corrected chi connectivity index (χ1v) is 10.3. The highest BCUT2D eigenvalue weighted by molar-refractivity contribution is 7.90. The second kappa shape index (κ2) is 7.66. The molecule has 5 nitrogen and oxygen atoms in total. The van der Waals surface area contributed by atoms with Crippen molar-refractivity contribution in [3.05, 3.63) is 59.1 Å². The van der Waals surface area contributed by atoms with Gasteiger partial charge in [0.2, 0.25) is 5.39 Å². The van der Waals surface area contributed by atoms with Gasteiger partial charge in [-0.1, -0.05) is 43.2 Å². The van der Waals surface area contributed by atoms with Crippen molar-refractivity contribution in [1.82, 2.24) is 0 Å². The van der Waals surface area contributed by atoms with E-state index in [0.717, 1.165) is 31.6 Å². The van der Waals surface area contributed by atoms with Gasteiger partial charge in [-0.15, -0.1) is 0 Å². The molecule has 6 heteroatoms. The van der Waals surface area contributed by atoms with Gasteiger partial charge in [0.05, 0.1) is 5.75 Å². The van der Waals surface area contributed by atoms with Crippen molar-refractivity contribution in [2.24, 2.45) is 0 Å². The molecule has 1 aliphatic heterocycles. The summed E-state index contributed by atoms with van der Waals surface area (Å²) in [5, 5.41) is 9.24. The molecule has 1 fully saturated rings. The molecule has 25 heavy (non-hydrogen) atoms. The van der Waals surface area contributed by atoms with Gasteiger partial charge in [-0.05, 0) is 30.5 Å². The summed E-state index contributed by atoms with van der Waals surface area (Å²) in [5.41, 5.74) is 1.68. The number of rotatable bonds is 4. The second-order valence-corrected chi connectivity index (χ2v) is 8.36. The highest BCUT2D eigenvalue weighted by Crippen LogP contribution is 2.32. The minimum absolute atomic E-state index is 0.0839. The molecule has 1 aliphatic rings. The summed E-state index contributed by atoms with van der Waals surface area (Å²) < 4.78 is 25.8. The Morgan fingerprint density at radius 2 is 1.64 bits per heavy atom. The van der Waals surface area contributed by atoms with E-state index in [2.05, 4.69) is 9.88 Å². The predicted octanol–water partition coefficient (Wildman–Crippen LogP) is 4.53. The number of anilines is 1. The van der Waals surface area contributed by atoms with Crippen LogP contribution in [0.4, 0.5) is 11.4 Å². The number of hydrogen-bond donors (Lipinski definition) is 0. The van der Waals surface area contributed by atoms with Crippen LogP contribution in [0.25, 0.3) is 4.98 Å². The molecule has 0 aliphatic carbocycles. The van der Waals surface area contributed by atoms with Crippen molar-refractivity contribution in [3.63, 3.8) is 0 Å². The van der Waals surface area contributed by atoms with Crippen LogP contribution in [0.2, 0.25) is 0 Å². The third kappa shape index (κ3) is 4.18. The quantitative estimate of drug-likeness (QED) is 0.755. The van der Waals surface area contributed by atoms with Gasteiger partial charge in [-0.3, -0.25) is 0 Å². The maximum Gasteiger partial charge on any atom is 0.403 e. The summed E-state index contributed by atoms with van der Waals surface area (Å²) in [4.78, 5) is 5.49. The molecule has 130 valence electrons. The highest BCUT2D eigenvalue weighted by Gasteiger charge is 2.28. The molecule has 0 aromatic heterocycles. The Morgan fingerprint density at radius 1 is 0.960 bits per heavy atom. The summed E-state index contributed by atoms with van der Waals surface area (Å²) in [6.45, 7) is 1.85. The number of sulfone groups is 1. The maximum absolute atomic E-state index is 12.9. The lowest BCUT2D eigenvalue weighted by Crippen LogP contribution is -2.24. The Labute approximate surface area is 148 Å². The Kier molecular flexibility index (Phi) is 5.34. The summed E-state index contributed by atoms with van der Waals surface area (Å²) in [5.74, 6) is -0.111. The van der Waals surface area contributed by atoms with Gasteiger partial charge >= 0.3 is 5.69 Å². The Morgan fingerprint density at radius 3 is 2.28 bits per heavy atom. The van der Waals surface area contributed by atoms with Gasteiger partial charge in [0, 0.05) is 24.8 Å². The zero-order chi connectivity index (χ0) is 17.7. The molecule has 0 unspecified atom stereocenters. The van der Waals surface area contributed by atoms with Crippen molar-refractivity contribution < 1.29 is 8.42 Å². The molecule has 2 aromatic rings. The molecule has 0 spiro atoms. The second-order valence-electron chi connectivity index (χ2n) is 6.40. The van der Waals surface area contributed by atoms with Crippen molar-refractivity contribution in [2.45, 2.75) is 36.3 Å². The average molecular weight is 356 g/mol. The van der Waals surface area contributed by atoms with Gasteiger partial charge in [-0.2, -0.15) is 0 Å². The average Bonchev–Trinajstić information content (AvgIpc) is 2.91. The van der Waals surface area contributed by atoms with E-state index in [1.807, 2.05) is 24.3 Å². The summed E-state index contributed by atoms with van der Waals surface area (Å²) in [7, 11) is -3.61. The number of diazo groups is 1. The molecule has 0 amide bonds. The van der Waals surface area contributed by atoms with Crippen LogP contribution in [0, 0.1) is 5.39 Å². The normalized spacial score (nSPS) is 15.4. The lowest BCUT2D eigenvalue weighted by Gasteiger charge is -2.22. The summed E-state index contributed by atoms with van der Waals surface area (Å²) in [6, 6.07) is 14.1. The lowest BCUT2D eigenvalue weighted by molar-refractivity contribution is 0.595. The SMILES string of the molecule is N#[N+]c1ccc(N2CCCCCC2)cc1S(=O)(=O)Cc1ccccc1. The Bertz CT molecular complexity index is 865. The first kappa shape index (κ1) is 17.4. The summed E-state index contributed by atoms with van der Waals surface area (Å²) in [6.07, 6.45) is 4.63. The zero-order valence-corrected chi connectivity index (χ0v) is 15.0. The molecule has 1 heterocycles. The minimum atomic E-state index is -3.61. The van der Waals surface area contributed by atoms with Crippen LogP contribution in [-0.4, -0.2) is 21.5 Å². The molecule has 0 radical (unpaired) electrons. The van der Waals surface area contributed by atoms with Crippen LogP contribution in [0.15, 0.2) is 53.4 Å². The van der Waals surface area contributed by atoms with E-state index >= 15 is 0 Å². The highest BCUT2D eigenvalue weighted by atomic mass is 32.2. The lowest BCUT2D eigenvalue weighted by atomic mass is 10.2. The first-order valence-electron chi connectivity index (χ1n) is 8.61. The van der Waals surface area contributed by atoms with Crippen molar-refractivity contribution in [3.8, 4) is 0 Å². The van der Waals surface area contributed by atoms with Crippen LogP contribution in [0.5, 0.6) is 0 Å². The van der Waals surface area contributed by atoms with Gasteiger partial charge in [0.25, 0.3) is 0 Å². The van der Waals surface area contributed by atoms with Gasteiger partial charge < -0.3 is 4.90 Å². The Balaban J connectivity index is 1.96. The van der Waals surface area contributed by atoms with Crippen LogP contribution < -0.4 is 4.90 Å². The molecule has 2 aromatic carbocycles. The molecule has 1 saturated heterocycles. The molecule has 3 rings (SSSR count). The molecular weight excluding hydrogens is 334 g/mol. The van der Waals surface area contributed by atoms with Gasteiger partial charge in [-0.25, -0.2) is 8.42 Å². The minimum Gasteiger partial charge on any atom is -0.371 e. The standard InChI is InChI=1S/C19H22N3O2S/c20-21-18-11-10-17(22-12-6-1-2-7-13-22)14-19(18)25(23,24)15-16-8-4-3-5-9-16/h3-5,8-11,14H,1-2,6-7,12-13,15H2/q+1. The zero-order valence-electron chi connectivity index (χ0n) is 14.1. The number of hydrogen-bond acceptors (Lipinski definition) is 4. The van der Waals surface area contributed by atoms with Gasteiger partial charge in [0.1, 0.15) is 0 Å². The van der Waals surface area contributed by atoms with E-state index in [-0.39, 0.29) is 16.3 Å². The maximum atomic E-state index is 12.9. The third-order valence-corrected chi connectivity index (χ3v) is 6.27. The fraction of sp³-hybridized carbons (Fsp3) is 0.368. The molecule has 0 saturated carbocycles. The van der Waals surface area contributed by atoms with E-state index in [0.29, 0.717) is 5.56 Å². The molecular formula is C19H22N3O2S+. The fourth-order valence-corrected chi connectivity index (χ4v) is 4.75. The van der Waals surface area contributed by atoms with Crippen LogP contribution in [-0.2, 0) is 15.6 Å². The van der Waals surface area contributed by atoms with E-state index in [4.69, 9.17) is 0 Å². The predicted molar refractivity (Wildman–Crippen MR) is 99.2 cm³/mol. The Hall–Kier alpha value is -2.39. The monoisotopic (exact) mass is 356 g/mol. The fourth-order valence-electron chi connectivity index (χ4n) is 3.23. The van der Waals surface area contributed by atoms with Crippen LogP contribution in [0.3, 0.4) is 0 Å². The van der Waals surface area contributed by atoms with Crippen molar-refractivity contribution >= 4 is 21.2 Å². The molecule has 0 N–H and O–H groups in total. The number of nitrogens with zero attached hydrogens (tertiary/aromatic N) is 3. The van der Waals surface area contributed by atoms with Gasteiger partial charge in [0.15, 0.2) is 19.7 Å². The first-order chi connectivity index (χ1) is 12.1. The van der Waals surface area contributed by atoms with Crippen LogP contribution in [0.1, 0.15) is 31.2 Å². The van der Waals surface area contributed by atoms with Crippen LogP contribution >= 0.6 is 0 Å². The van der Waals surface area contributed by atoms with E-state index < -0.39 is 9.84 Å². The largest absolute Gasteiger partial charge is 0.403 e. The van der Waals surface area contributed by atoms with Crippen molar-refractivity contribution in [1.29, 1.82) is 5.39 Å². The van der Waals surface area contributed by atoms with E-state index in [1.54, 1.807) is 24.3 Å². The van der Waals surface area contributed by atoms with E-state index in [1.165, 1.54) is 12.8 Å². The topological polar surface area (TPSA) is 65.5 Å². The molecule has 0 bridgehead atoms.